The third-order valence-corrected chi connectivity index (χ3v) is 3.80. The van der Waals surface area contributed by atoms with Crippen LogP contribution in [-0.4, -0.2) is 22.0 Å². The second-order valence-electron chi connectivity index (χ2n) is 4.73. The molecule has 0 saturated carbocycles. The van der Waals surface area contributed by atoms with Crippen LogP contribution in [0.25, 0.3) is 0 Å². The lowest BCUT2D eigenvalue weighted by atomic mass is 10.1. The van der Waals surface area contributed by atoms with Crippen molar-refractivity contribution in [3.8, 4) is 6.07 Å². The van der Waals surface area contributed by atoms with Crippen molar-refractivity contribution in [1.29, 1.82) is 5.26 Å². The van der Waals surface area contributed by atoms with Crippen LogP contribution < -0.4 is 0 Å². The van der Waals surface area contributed by atoms with E-state index < -0.39 is 18.0 Å². The molecule has 0 aliphatic carbocycles. The molecule has 0 aliphatic heterocycles. The number of nitriles is 1. The Morgan fingerprint density at radius 1 is 1.36 bits per heavy atom. The van der Waals surface area contributed by atoms with Crippen LogP contribution in [0.4, 0.5) is 17.6 Å². The quantitative estimate of drug-likeness (QED) is 0.577. The minimum atomic E-state index is -4.53. The Kier molecular flexibility index (Phi) is 8.16. The topological polar surface area (TPSA) is 39.9 Å². The summed E-state index contributed by atoms with van der Waals surface area (Å²) in [5, 5.41) is 8.04. The Balaban J connectivity index is 0.000000324. The number of pyridine rings is 1. The normalized spacial score (nSPS) is 12.1. The molecule has 1 unspecified atom stereocenters. The molecule has 9 heteroatoms. The van der Waals surface area contributed by atoms with Gasteiger partial charge in [-0.25, -0.2) is 8.70 Å². The monoisotopic (exact) mass is 391 g/mol. The van der Waals surface area contributed by atoms with Crippen molar-refractivity contribution in [2.75, 3.05) is 6.54 Å². The molecule has 1 aromatic carbocycles. The summed E-state index contributed by atoms with van der Waals surface area (Å²) in [7, 11) is 0. The van der Waals surface area contributed by atoms with Crippen LogP contribution in [0.3, 0.4) is 0 Å². The van der Waals surface area contributed by atoms with Crippen molar-refractivity contribution < 1.29 is 17.6 Å². The molecule has 0 radical (unpaired) electrons. The van der Waals surface area contributed by atoms with Gasteiger partial charge in [0.2, 0.25) is 0 Å². The summed E-state index contributed by atoms with van der Waals surface area (Å²) in [5.41, 5.74) is 0.378. The highest BCUT2D eigenvalue weighted by molar-refractivity contribution is 7.77. The Morgan fingerprint density at radius 2 is 2.04 bits per heavy atom. The molecule has 25 heavy (non-hydrogen) atoms. The molecule has 0 amide bonds. The van der Waals surface area contributed by atoms with Gasteiger partial charge >= 0.3 is 6.18 Å². The molecule has 0 fully saturated rings. The molecule has 0 aliphatic rings. The number of hydrogen-bond donors (Lipinski definition) is 1. The van der Waals surface area contributed by atoms with Crippen molar-refractivity contribution in [3.05, 3.63) is 64.7 Å². The van der Waals surface area contributed by atoms with E-state index in [1.165, 1.54) is 13.1 Å². The van der Waals surface area contributed by atoms with Gasteiger partial charge in [-0.1, -0.05) is 37.4 Å². The predicted octanol–water partition coefficient (Wildman–Crippen LogP) is 5.20. The summed E-state index contributed by atoms with van der Waals surface area (Å²) in [6, 6.07) is 6.48. The van der Waals surface area contributed by atoms with E-state index in [-0.39, 0.29) is 17.1 Å². The molecule has 134 valence electrons. The van der Waals surface area contributed by atoms with E-state index in [4.69, 9.17) is 16.9 Å². The highest BCUT2D eigenvalue weighted by atomic mass is 35.5. The first-order chi connectivity index (χ1) is 11.7. The summed E-state index contributed by atoms with van der Waals surface area (Å²) in [6.45, 7) is 1.59. The van der Waals surface area contributed by atoms with Gasteiger partial charge in [-0.15, -0.1) is 0 Å². The lowest BCUT2D eigenvalue weighted by Crippen LogP contribution is -2.32. The fraction of sp³-hybridized carbons (Fsp3) is 0.250. The molecule has 0 bridgehead atoms. The van der Waals surface area contributed by atoms with Gasteiger partial charge in [-0.05, 0) is 29.8 Å². The average Bonchev–Trinajstić information content (AvgIpc) is 2.58. The number of thiol groups is 1. The fourth-order valence-electron chi connectivity index (χ4n) is 1.82. The zero-order valence-electron chi connectivity index (χ0n) is 13.0. The van der Waals surface area contributed by atoms with Crippen molar-refractivity contribution in [2.45, 2.75) is 19.1 Å². The van der Waals surface area contributed by atoms with Crippen LogP contribution in [-0.2, 0) is 0 Å². The van der Waals surface area contributed by atoms with Gasteiger partial charge in [0.1, 0.15) is 17.9 Å². The molecule has 1 aromatic heterocycles. The molecule has 1 atom stereocenters. The summed E-state index contributed by atoms with van der Waals surface area (Å²) in [5.74, 6) is -0.878. The number of aromatic nitrogens is 1. The standard InChI is InChI=1S/C10H10ClF4NS.C6H4N2/c1-2-16(17)9(10(13,14)15)6-3-4-7(11)8(12)5-6;7-4-6-2-1-3-8-5-6/h3-5,9,17H,2H2,1H3;1-3,5H. The lowest BCUT2D eigenvalue weighted by molar-refractivity contribution is -0.171. The van der Waals surface area contributed by atoms with E-state index in [1.807, 2.05) is 6.07 Å². The Morgan fingerprint density at radius 3 is 2.44 bits per heavy atom. The Hall–Kier alpha value is -1.82. The third-order valence-electron chi connectivity index (χ3n) is 2.98. The van der Waals surface area contributed by atoms with Crippen LogP contribution in [0.1, 0.15) is 24.1 Å². The molecule has 0 N–H and O–H groups in total. The molecular weight excluding hydrogens is 378 g/mol. The van der Waals surface area contributed by atoms with Crippen molar-refractivity contribution in [3.63, 3.8) is 0 Å². The van der Waals surface area contributed by atoms with E-state index in [0.29, 0.717) is 5.56 Å². The van der Waals surface area contributed by atoms with Crippen molar-refractivity contribution in [2.24, 2.45) is 0 Å². The van der Waals surface area contributed by atoms with E-state index in [2.05, 4.69) is 17.8 Å². The first-order valence-electron chi connectivity index (χ1n) is 6.98. The van der Waals surface area contributed by atoms with E-state index >= 15 is 0 Å². The number of rotatable bonds is 3. The summed E-state index contributed by atoms with van der Waals surface area (Å²) in [6.07, 6.45) is -1.36. The number of hydrogen-bond acceptors (Lipinski definition) is 4. The van der Waals surface area contributed by atoms with Crippen LogP contribution in [0.5, 0.6) is 0 Å². The molecule has 2 rings (SSSR count). The van der Waals surface area contributed by atoms with E-state index in [0.717, 1.165) is 22.5 Å². The fourth-order valence-corrected chi connectivity index (χ4v) is 2.21. The second-order valence-corrected chi connectivity index (χ2v) is 5.65. The van der Waals surface area contributed by atoms with Gasteiger partial charge < -0.3 is 0 Å². The highest BCUT2D eigenvalue weighted by Gasteiger charge is 2.43. The molecule has 1 heterocycles. The van der Waals surface area contributed by atoms with Gasteiger partial charge in [-0.3, -0.25) is 4.98 Å². The van der Waals surface area contributed by atoms with Gasteiger partial charge in [0, 0.05) is 18.9 Å². The maximum atomic E-state index is 13.2. The number of nitrogens with zero attached hydrogens (tertiary/aromatic N) is 3. The van der Waals surface area contributed by atoms with Crippen LogP contribution in [0.15, 0.2) is 42.7 Å². The number of benzene rings is 1. The molecule has 3 nitrogen and oxygen atoms in total. The van der Waals surface area contributed by atoms with Gasteiger partial charge in [-0.2, -0.15) is 18.4 Å². The maximum absolute atomic E-state index is 13.2. The highest BCUT2D eigenvalue weighted by Crippen LogP contribution is 2.39. The molecule has 2 aromatic rings. The minimum absolute atomic E-state index is 0.0670. The first kappa shape index (κ1) is 21.2. The van der Waals surface area contributed by atoms with E-state index in [9.17, 15) is 17.6 Å². The maximum Gasteiger partial charge on any atom is 0.408 e. The molecule has 0 saturated heterocycles. The first-order valence-corrected chi connectivity index (χ1v) is 7.75. The molecule has 0 spiro atoms. The van der Waals surface area contributed by atoms with Crippen LogP contribution in [0, 0.1) is 17.1 Å². The SMILES string of the molecule is CCN(S)C(c1ccc(Cl)c(F)c1)C(F)(F)F.N#Cc1cccnc1. The molecular formula is C16H14ClF4N3S. The van der Waals surface area contributed by atoms with Gasteiger partial charge in [0.15, 0.2) is 0 Å². The number of halogens is 5. The second kappa shape index (κ2) is 9.61. The number of alkyl halides is 3. The van der Waals surface area contributed by atoms with Crippen LogP contribution in [0.2, 0.25) is 5.02 Å². The summed E-state index contributed by atoms with van der Waals surface area (Å²) >= 11 is 9.17. The largest absolute Gasteiger partial charge is 0.408 e. The van der Waals surface area contributed by atoms with Crippen LogP contribution >= 0.6 is 24.4 Å². The summed E-state index contributed by atoms with van der Waals surface area (Å²) in [4.78, 5) is 3.73. The van der Waals surface area contributed by atoms with Crippen molar-refractivity contribution >= 4 is 24.4 Å². The van der Waals surface area contributed by atoms with Gasteiger partial charge in [0.05, 0.1) is 10.6 Å². The van der Waals surface area contributed by atoms with Gasteiger partial charge in [0.25, 0.3) is 0 Å². The summed E-state index contributed by atoms with van der Waals surface area (Å²) < 4.78 is 52.4. The zero-order chi connectivity index (χ0) is 19.0. The Labute approximate surface area is 153 Å². The smallest absolute Gasteiger partial charge is 0.263 e. The minimum Gasteiger partial charge on any atom is -0.263 e. The predicted molar refractivity (Wildman–Crippen MR) is 90.5 cm³/mol. The Bertz CT molecular complexity index is 720. The third kappa shape index (κ3) is 6.53. The van der Waals surface area contributed by atoms with Crippen molar-refractivity contribution in [1.82, 2.24) is 9.29 Å². The average molecular weight is 392 g/mol. The lowest BCUT2D eigenvalue weighted by Gasteiger charge is -2.28. The zero-order valence-corrected chi connectivity index (χ0v) is 14.7. The van der Waals surface area contributed by atoms with E-state index in [1.54, 1.807) is 18.3 Å².